The second-order valence-electron chi connectivity index (χ2n) is 5.85. The Bertz CT molecular complexity index is 219. The molecule has 4 nitrogen and oxygen atoms in total. The zero-order valence-corrected chi connectivity index (χ0v) is 12.8. The van der Waals surface area contributed by atoms with Gasteiger partial charge in [0.05, 0.1) is 6.61 Å². The van der Waals surface area contributed by atoms with Crippen LogP contribution in [0, 0.1) is 0 Å². The molecular formula is C14H31N3O. The van der Waals surface area contributed by atoms with Crippen LogP contribution in [0.3, 0.4) is 0 Å². The standard InChI is InChI=1S/C14H31N3O/c1-12(2)15-6-7-16-8-9-17(13(3)4)14(10-16)11-18-5/h12-15H,6-11H2,1-5H3/t14-/m0/s1. The molecule has 0 aliphatic carbocycles. The van der Waals surface area contributed by atoms with Crippen LogP contribution in [0.4, 0.5) is 0 Å². The van der Waals surface area contributed by atoms with Gasteiger partial charge in [-0.1, -0.05) is 13.8 Å². The van der Waals surface area contributed by atoms with Crippen molar-refractivity contribution in [3.63, 3.8) is 0 Å². The summed E-state index contributed by atoms with van der Waals surface area (Å²) >= 11 is 0. The lowest BCUT2D eigenvalue weighted by Crippen LogP contribution is -2.57. The first-order valence-electron chi connectivity index (χ1n) is 7.25. The molecule has 1 aliphatic heterocycles. The van der Waals surface area contributed by atoms with Crippen LogP contribution in [-0.2, 0) is 4.74 Å². The highest BCUT2D eigenvalue weighted by Gasteiger charge is 2.28. The first-order valence-corrected chi connectivity index (χ1v) is 7.25. The monoisotopic (exact) mass is 257 g/mol. The van der Waals surface area contributed by atoms with Crippen LogP contribution in [0.1, 0.15) is 27.7 Å². The van der Waals surface area contributed by atoms with Gasteiger partial charge in [-0.05, 0) is 13.8 Å². The van der Waals surface area contributed by atoms with E-state index in [9.17, 15) is 0 Å². The molecular weight excluding hydrogens is 226 g/mol. The molecule has 0 aromatic carbocycles. The van der Waals surface area contributed by atoms with E-state index in [0.717, 1.165) is 32.8 Å². The second-order valence-corrected chi connectivity index (χ2v) is 5.85. The Kier molecular flexibility index (Phi) is 7.15. The van der Waals surface area contributed by atoms with E-state index in [-0.39, 0.29) is 0 Å². The smallest absolute Gasteiger partial charge is 0.0630 e. The highest BCUT2D eigenvalue weighted by molar-refractivity contribution is 4.84. The fourth-order valence-corrected chi connectivity index (χ4v) is 2.67. The molecule has 0 spiro atoms. The Morgan fingerprint density at radius 3 is 2.50 bits per heavy atom. The molecule has 1 N–H and O–H groups in total. The number of hydrogen-bond donors (Lipinski definition) is 1. The van der Waals surface area contributed by atoms with E-state index < -0.39 is 0 Å². The quantitative estimate of drug-likeness (QED) is 0.737. The van der Waals surface area contributed by atoms with Crippen LogP contribution in [-0.4, -0.2) is 74.4 Å². The fraction of sp³-hybridized carbons (Fsp3) is 1.00. The summed E-state index contributed by atoms with van der Waals surface area (Å²) in [5.74, 6) is 0. The largest absolute Gasteiger partial charge is 0.383 e. The minimum absolute atomic E-state index is 0.544. The Morgan fingerprint density at radius 2 is 1.94 bits per heavy atom. The van der Waals surface area contributed by atoms with E-state index in [4.69, 9.17) is 4.74 Å². The molecule has 1 saturated heterocycles. The lowest BCUT2D eigenvalue weighted by molar-refractivity contribution is 0.00864. The van der Waals surface area contributed by atoms with Gasteiger partial charge < -0.3 is 10.1 Å². The maximum absolute atomic E-state index is 5.37. The predicted octanol–water partition coefficient (Wildman–Crippen LogP) is 1.03. The first-order chi connectivity index (χ1) is 8.54. The van der Waals surface area contributed by atoms with E-state index in [1.165, 1.54) is 6.54 Å². The van der Waals surface area contributed by atoms with E-state index in [1.54, 1.807) is 7.11 Å². The van der Waals surface area contributed by atoms with Crippen molar-refractivity contribution in [3.8, 4) is 0 Å². The van der Waals surface area contributed by atoms with Crippen LogP contribution in [0.2, 0.25) is 0 Å². The van der Waals surface area contributed by atoms with E-state index in [1.807, 2.05) is 0 Å². The summed E-state index contributed by atoms with van der Waals surface area (Å²) in [6.07, 6.45) is 0. The predicted molar refractivity (Wildman–Crippen MR) is 77.1 cm³/mol. The lowest BCUT2D eigenvalue weighted by atomic mass is 10.1. The van der Waals surface area contributed by atoms with Gasteiger partial charge in [0.2, 0.25) is 0 Å². The Morgan fingerprint density at radius 1 is 1.22 bits per heavy atom. The van der Waals surface area contributed by atoms with Crippen molar-refractivity contribution in [2.24, 2.45) is 0 Å². The van der Waals surface area contributed by atoms with Crippen molar-refractivity contribution in [2.75, 3.05) is 46.4 Å². The van der Waals surface area contributed by atoms with Crippen molar-refractivity contribution in [1.29, 1.82) is 0 Å². The molecule has 1 rings (SSSR count). The highest BCUT2D eigenvalue weighted by Crippen LogP contribution is 2.13. The summed E-state index contributed by atoms with van der Waals surface area (Å²) in [6.45, 7) is 15.5. The Labute approximate surface area is 113 Å². The van der Waals surface area contributed by atoms with Crippen LogP contribution >= 0.6 is 0 Å². The van der Waals surface area contributed by atoms with Gasteiger partial charge in [0.25, 0.3) is 0 Å². The van der Waals surface area contributed by atoms with Gasteiger partial charge in [-0.25, -0.2) is 0 Å². The topological polar surface area (TPSA) is 27.7 Å². The molecule has 1 heterocycles. The number of nitrogens with one attached hydrogen (secondary N) is 1. The lowest BCUT2D eigenvalue weighted by Gasteiger charge is -2.43. The summed E-state index contributed by atoms with van der Waals surface area (Å²) in [4.78, 5) is 5.12. The molecule has 0 radical (unpaired) electrons. The SMILES string of the molecule is COC[C@@H]1CN(CCNC(C)C)CCN1C(C)C. The molecule has 0 unspecified atom stereocenters. The van der Waals surface area contributed by atoms with Gasteiger partial charge in [0, 0.05) is 58.0 Å². The Hall–Kier alpha value is -0.160. The van der Waals surface area contributed by atoms with Gasteiger partial charge in [-0.2, -0.15) is 0 Å². The maximum atomic E-state index is 5.37. The average molecular weight is 257 g/mol. The molecule has 1 atom stereocenters. The van der Waals surface area contributed by atoms with Crippen molar-refractivity contribution in [1.82, 2.24) is 15.1 Å². The van der Waals surface area contributed by atoms with Gasteiger partial charge in [0.15, 0.2) is 0 Å². The number of ether oxygens (including phenoxy) is 1. The van der Waals surface area contributed by atoms with Crippen LogP contribution < -0.4 is 5.32 Å². The van der Waals surface area contributed by atoms with Crippen LogP contribution in [0.25, 0.3) is 0 Å². The van der Waals surface area contributed by atoms with E-state index >= 15 is 0 Å². The van der Waals surface area contributed by atoms with Crippen molar-refractivity contribution in [3.05, 3.63) is 0 Å². The van der Waals surface area contributed by atoms with E-state index in [0.29, 0.717) is 18.1 Å². The van der Waals surface area contributed by atoms with Crippen molar-refractivity contribution in [2.45, 2.75) is 45.8 Å². The van der Waals surface area contributed by atoms with Crippen LogP contribution in [0.15, 0.2) is 0 Å². The summed E-state index contributed by atoms with van der Waals surface area (Å²) in [7, 11) is 1.80. The number of nitrogens with zero attached hydrogens (tertiary/aromatic N) is 2. The summed E-state index contributed by atoms with van der Waals surface area (Å²) in [6, 6.07) is 1.74. The molecule has 0 aromatic rings. The molecule has 1 fully saturated rings. The zero-order chi connectivity index (χ0) is 13.5. The van der Waals surface area contributed by atoms with Crippen molar-refractivity contribution >= 4 is 0 Å². The molecule has 4 heteroatoms. The minimum atomic E-state index is 0.544. The molecule has 18 heavy (non-hydrogen) atoms. The van der Waals surface area contributed by atoms with Gasteiger partial charge in [-0.3, -0.25) is 9.80 Å². The third-order valence-corrected chi connectivity index (χ3v) is 3.62. The van der Waals surface area contributed by atoms with Gasteiger partial charge in [0.1, 0.15) is 0 Å². The van der Waals surface area contributed by atoms with Crippen LogP contribution in [0.5, 0.6) is 0 Å². The fourth-order valence-electron chi connectivity index (χ4n) is 2.67. The molecule has 1 aliphatic rings. The molecule has 0 aromatic heterocycles. The molecule has 0 saturated carbocycles. The zero-order valence-electron chi connectivity index (χ0n) is 12.8. The summed E-state index contributed by atoms with van der Waals surface area (Å²) < 4.78 is 5.37. The normalized spacial score (nSPS) is 23.2. The second kappa shape index (κ2) is 8.10. The molecule has 108 valence electrons. The maximum Gasteiger partial charge on any atom is 0.0630 e. The van der Waals surface area contributed by atoms with Gasteiger partial charge in [-0.15, -0.1) is 0 Å². The average Bonchev–Trinajstić information content (AvgIpc) is 2.29. The number of methoxy groups -OCH3 is 1. The van der Waals surface area contributed by atoms with Gasteiger partial charge >= 0.3 is 0 Å². The third kappa shape index (κ3) is 5.22. The van der Waals surface area contributed by atoms with E-state index in [2.05, 4.69) is 42.8 Å². The summed E-state index contributed by atoms with van der Waals surface area (Å²) in [5, 5.41) is 3.49. The molecule has 0 amide bonds. The number of piperazine rings is 1. The first kappa shape index (κ1) is 15.9. The third-order valence-electron chi connectivity index (χ3n) is 3.62. The molecule has 0 bridgehead atoms. The number of hydrogen-bond acceptors (Lipinski definition) is 4. The van der Waals surface area contributed by atoms with Crippen molar-refractivity contribution < 1.29 is 4.74 Å². The number of rotatable bonds is 7. The highest BCUT2D eigenvalue weighted by atomic mass is 16.5. The Balaban J connectivity index is 2.37. The summed E-state index contributed by atoms with van der Waals surface area (Å²) in [5.41, 5.74) is 0. The minimum Gasteiger partial charge on any atom is -0.383 e.